The van der Waals surface area contributed by atoms with Gasteiger partial charge in [0.15, 0.2) is 5.78 Å². The Morgan fingerprint density at radius 3 is 2.63 bits per heavy atom. The van der Waals surface area contributed by atoms with E-state index in [9.17, 15) is 14.0 Å². The minimum absolute atomic E-state index is 0.0813. The first-order valence-corrected chi connectivity index (χ1v) is 10.4. The van der Waals surface area contributed by atoms with Crippen molar-refractivity contribution in [3.63, 3.8) is 0 Å². The van der Waals surface area contributed by atoms with Crippen LogP contribution in [0.4, 0.5) is 14.9 Å². The predicted octanol–water partition coefficient (Wildman–Crippen LogP) is 3.51. The molecule has 0 bridgehead atoms. The number of carbonyl (C=O) groups is 2. The normalized spacial score (nSPS) is 15.5. The highest BCUT2D eigenvalue weighted by atomic mass is 19.1. The summed E-state index contributed by atoms with van der Waals surface area (Å²) in [6.07, 6.45) is 3.86. The lowest BCUT2D eigenvalue weighted by Crippen LogP contribution is -2.45. The Labute approximate surface area is 175 Å². The second-order valence-corrected chi connectivity index (χ2v) is 7.74. The summed E-state index contributed by atoms with van der Waals surface area (Å²) in [6.45, 7) is 1.95. The molecule has 4 rings (SSSR count). The van der Waals surface area contributed by atoms with Gasteiger partial charge in [-0.25, -0.2) is 9.18 Å². The maximum absolute atomic E-state index is 14.8. The first-order valence-electron chi connectivity index (χ1n) is 10.4. The minimum atomic E-state index is -0.518. The zero-order valence-corrected chi connectivity index (χ0v) is 16.9. The molecule has 158 valence electrons. The molecule has 1 saturated heterocycles. The van der Waals surface area contributed by atoms with Gasteiger partial charge in [0.25, 0.3) is 0 Å². The Kier molecular flexibility index (Phi) is 5.99. The molecule has 0 aromatic heterocycles. The van der Waals surface area contributed by atoms with Crippen LogP contribution in [0.2, 0.25) is 0 Å². The van der Waals surface area contributed by atoms with Gasteiger partial charge in [0.2, 0.25) is 0 Å². The molecule has 0 atom stereocenters. The summed E-state index contributed by atoms with van der Waals surface area (Å²) in [7, 11) is 0. The lowest BCUT2D eigenvalue weighted by Gasteiger charge is -2.33. The van der Waals surface area contributed by atoms with Crippen LogP contribution in [-0.4, -0.2) is 43.0 Å². The average molecular weight is 411 g/mol. The molecule has 7 heteroatoms. The van der Waals surface area contributed by atoms with Crippen molar-refractivity contribution in [2.24, 2.45) is 5.73 Å². The smallest absolute Gasteiger partial charge is 0.324 e. The van der Waals surface area contributed by atoms with Crippen LogP contribution in [0, 0.1) is 5.82 Å². The maximum atomic E-state index is 14.8. The highest BCUT2D eigenvalue weighted by Gasteiger charge is 2.26. The van der Waals surface area contributed by atoms with E-state index >= 15 is 0 Å². The van der Waals surface area contributed by atoms with Gasteiger partial charge in [0.1, 0.15) is 11.6 Å². The van der Waals surface area contributed by atoms with E-state index in [1.165, 1.54) is 6.07 Å². The van der Waals surface area contributed by atoms with E-state index in [0.717, 1.165) is 42.7 Å². The first-order chi connectivity index (χ1) is 14.6. The molecule has 0 radical (unpaired) electrons. The van der Waals surface area contributed by atoms with Crippen molar-refractivity contribution in [1.29, 1.82) is 0 Å². The number of nitrogens with two attached hydrogens (primary N) is 1. The zero-order valence-electron chi connectivity index (χ0n) is 16.9. The van der Waals surface area contributed by atoms with Crippen LogP contribution >= 0.6 is 0 Å². The minimum Gasteiger partial charge on any atom is -0.493 e. The number of Topliss-reactive ketones (excluding diaryl/α,β-unsaturated/α-hetero) is 1. The van der Waals surface area contributed by atoms with E-state index in [0.29, 0.717) is 25.3 Å². The molecule has 0 aliphatic carbocycles. The summed E-state index contributed by atoms with van der Waals surface area (Å²) in [6, 6.07) is 9.86. The molecule has 2 aliphatic heterocycles. The molecule has 1 fully saturated rings. The number of piperidine rings is 1. The van der Waals surface area contributed by atoms with E-state index < -0.39 is 5.82 Å². The molecule has 6 nitrogen and oxygen atoms in total. The van der Waals surface area contributed by atoms with E-state index in [-0.39, 0.29) is 30.5 Å². The molecule has 2 aromatic rings. The zero-order chi connectivity index (χ0) is 21.1. The maximum Gasteiger partial charge on any atom is 0.324 e. The molecule has 2 heterocycles. The van der Waals surface area contributed by atoms with Crippen LogP contribution in [0.15, 0.2) is 36.4 Å². The third-order valence-corrected chi connectivity index (χ3v) is 5.73. The summed E-state index contributed by atoms with van der Waals surface area (Å²) in [5.74, 6) is -0.00416. The Balaban J connectivity index is 1.65. The van der Waals surface area contributed by atoms with Crippen molar-refractivity contribution >= 4 is 17.5 Å². The summed E-state index contributed by atoms with van der Waals surface area (Å²) in [5.41, 5.74) is 7.73. The van der Waals surface area contributed by atoms with Crippen LogP contribution in [-0.2, 0) is 13.0 Å². The molecule has 0 saturated carbocycles. The number of carbonyl (C=O) groups excluding carboxylic acids is 2. The van der Waals surface area contributed by atoms with Crippen LogP contribution in [0.1, 0.15) is 40.7 Å². The van der Waals surface area contributed by atoms with Gasteiger partial charge in [-0.2, -0.15) is 0 Å². The van der Waals surface area contributed by atoms with Crippen LogP contribution in [0.25, 0.3) is 0 Å². The number of benzene rings is 2. The fraction of sp³-hybridized carbons (Fsp3) is 0.391. The Morgan fingerprint density at radius 2 is 1.90 bits per heavy atom. The van der Waals surface area contributed by atoms with Crippen LogP contribution in [0.5, 0.6) is 5.75 Å². The van der Waals surface area contributed by atoms with E-state index in [1.807, 2.05) is 23.1 Å². The van der Waals surface area contributed by atoms with Gasteiger partial charge < -0.3 is 15.4 Å². The quantitative estimate of drug-likeness (QED) is 0.764. The number of hydrogen-bond acceptors (Lipinski definition) is 4. The van der Waals surface area contributed by atoms with Crippen LogP contribution < -0.4 is 15.4 Å². The van der Waals surface area contributed by atoms with Crippen molar-refractivity contribution in [2.45, 2.75) is 32.2 Å². The number of anilines is 1. The predicted molar refractivity (Wildman–Crippen MR) is 112 cm³/mol. The summed E-state index contributed by atoms with van der Waals surface area (Å²) >= 11 is 0. The number of likely N-dealkylation sites (tertiary alicyclic amines) is 1. The molecule has 0 spiro atoms. The molecule has 2 N–H and O–H groups in total. The van der Waals surface area contributed by atoms with Crippen molar-refractivity contribution < 1.29 is 18.7 Å². The van der Waals surface area contributed by atoms with Gasteiger partial charge in [-0.05, 0) is 49.1 Å². The number of amides is 2. The Morgan fingerprint density at radius 1 is 1.10 bits per heavy atom. The first kappa shape index (κ1) is 20.3. The van der Waals surface area contributed by atoms with E-state index in [2.05, 4.69) is 0 Å². The standard InChI is InChI=1S/C23H26FN3O3/c24-20-13-16(21(28)14-25)4-5-18(20)15-27(23(29)26-9-2-1-3-10-26)19-6-7-22-17(12-19)8-11-30-22/h4-7,12-13H,1-3,8-11,14-15,25H2. The summed E-state index contributed by atoms with van der Waals surface area (Å²) in [4.78, 5) is 28.6. The third-order valence-electron chi connectivity index (χ3n) is 5.73. The van der Waals surface area contributed by atoms with E-state index in [4.69, 9.17) is 10.5 Å². The van der Waals surface area contributed by atoms with Gasteiger partial charge in [-0.1, -0.05) is 12.1 Å². The number of nitrogens with zero attached hydrogens (tertiary/aromatic N) is 2. The molecular weight excluding hydrogens is 385 g/mol. The molecule has 0 unspecified atom stereocenters. The van der Waals surface area contributed by atoms with Gasteiger partial charge in [0.05, 0.1) is 19.7 Å². The third kappa shape index (κ3) is 4.16. The van der Waals surface area contributed by atoms with Crippen molar-refractivity contribution in [1.82, 2.24) is 4.90 Å². The van der Waals surface area contributed by atoms with E-state index in [1.54, 1.807) is 17.0 Å². The Bertz CT molecular complexity index is 957. The van der Waals surface area contributed by atoms with Gasteiger partial charge in [-0.3, -0.25) is 9.69 Å². The van der Waals surface area contributed by atoms with Gasteiger partial charge in [-0.15, -0.1) is 0 Å². The second-order valence-electron chi connectivity index (χ2n) is 7.74. The molecule has 2 aromatic carbocycles. The average Bonchev–Trinajstić information content (AvgIpc) is 3.25. The number of ether oxygens (including phenoxy) is 1. The number of fused-ring (bicyclic) bond motifs is 1. The molecule has 30 heavy (non-hydrogen) atoms. The van der Waals surface area contributed by atoms with Crippen molar-refractivity contribution in [2.75, 3.05) is 31.1 Å². The fourth-order valence-electron chi connectivity index (χ4n) is 4.00. The topological polar surface area (TPSA) is 75.9 Å². The highest BCUT2D eigenvalue weighted by molar-refractivity contribution is 5.97. The molecular formula is C23H26FN3O3. The van der Waals surface area contributed by atoms with Crippen molar-refractivity contribution in [3.8, 4) is 5.75 Å². The summed E-state index contributed by atoms with van der Waals surface area (Å²) < 4.78 is 20.4. The number of rotatable bonds is 5. The van der Waals surface area contributed by atoms with Gasteiger partial charge in [0, 0.05) is 36.3 Å². The summed E-state index contributed by atoms with van der Waals surface area (Å²) in [5, 5.41) is 0. The number of ketones is 1. The SMILES string of the molecule is NCC(=O)c1ccc(CN(C(=O)N2CCCCC2)c2ccc3c(c2)CCO3)c(F)c1. The number of urea groups is 1. The lowest BCUT2D eigenvalue weighted by molar-refractivity contribution is 0.100. The molecule has 2 aliphatic rings. The largest absolute Gasteiger partial charge is 0.493 e. The fourth-order valence-corrected chi connectivity index (χ4v) is 4.00. The number of halogens is 1. The van der Waals surface area contributed by atoms with Crippen LogP contribution in [0.3, 0.4) is 0 Å². The second kappa shape index (κ2) is 8.83. The number of hydrogen-bond donors (Lipinski definition) is 1. The van der Waals surface area contributed by atoms with Gasteiger partial charge >= 0.3 is 6.03 Å². The van der Waals surface area contributed by atoms with Crippen molar-refractivity contribution in [3.05, 3.63) is 58.9 Å². The highest BCUT2D eigenvalue weighted by Crippen LogP contribution is 2.31. The molecule has 2 amide bonds. The monoisotopic (exact) mass is 411 g/mol. The Hall–Kier alpha value is -2.93. The lowest BCUT2D eigenvalue weighted by atomic mass is 10.1.